The Morgan fingerprint density at radius 3 is 2.45 bits per heavy atom. The van der Waals surface area contributed by atoms with Crippen LogP contribution in [0.5, 0.6) is 0 Å². The summed E-state index contributed by atoms with van der Waals surface area (Å²) in [5.74, 6) is 5.77. The first-order chi connectivity index (χ1) is 9.29. The highest BCUT2D eigenvalue weighted by Crippen LogP contribution is 2.28. The van der Waals surface area contributed by atoms with Gasteiger partial charge in [-0.05, 0) is 35.6 Å². The summed E-state index contributed by atoms with van der Waals surface area (Å²) in [6.07, 6.45) is 7.11. The average molecular weight is 275 g/mol. The molecule has 0 aromatic carbocycles. The monoisotopic (exact) mass is 275 g/mol. The number of allylic oxidation sites excluding steroid dienone is 1. The maximum atomic E-state index is 5.77. The highest BCUT2D eigenvalue weighted by molar-refractivity contribution is 5.65. The molecular weight excluding hydrogens is 246 g/mol. The molecule has 1 aromatic heterocycles. The molecular formula is C17H29N3. The Labute approximate surface area is 123 Å². The van der Waals surface area contributed by atoms with E-state index in [2.05, 4.69) is 40.7 Å². The average Bonchev–Trinajstić information content (AvgIpc) is 2.36. The molecule has 1 aromatic rings. The molecule has 1 rings (SSSR count). The molecule has 0 aliphatic rings. The summed E-state index contributed by atoms with van der Waals surface area (Å²) in [6.45, 7) is 11.0. The van der Waals surface area contributed by atoms with Crippen molar-refractivity contribution in [3.63, 3.8) is 0 Å². The SMILES string of the molecule is CCC/C(=C\N(C)N)c1cnc(C(C)(C)C)c(CC)c1. The number of aromatic nitrogens is 1. The highest BCUT2D eigenvalue weighted by atomic mass is 15.4. The van der Waals surface area contributed by atoms with Crippen LogP contribution < -0.4 is 5.84 Å². The van der Waals surface area contributed by atoms with E-state index >= 15 is 0 Å². The van der Waals surface area contributed by atoms with Crippen LogP contribution in [0.1, 0.15) is 64.3 Å². The van der Waals surface area contributed by atoms with Gasteiger partial charge in [-0.15, -0.1) is 0 Å². The standard InChI is InChI=1S/C17H29N3/c1-7-9-14(12-20(6)18)15-10-13(8-2)16(19-11-15)17(3,4)5/h10-12H,7-9,18H2,1-6H3/b14-12+. The minimum Gasteiger partial charge on any atom is -0.321 e. The van der Waals surface area contributed by atoms with Gasteiger partial charge in [0.05, 0.1) is 0 Å². The summed E-state index contributed by atoms with van der Waals surface area (Å²) >= 11 is 0. The molecule has 1 heterocycles. The van der Waals surface area contributed by atoms with E-state index < -0.39 is 0 Å². The Kier molecular flexibility index (Phi) is 5.75. The fourth-order valence-corrected chi connectivity index (χ4v) is 2.43. The van der Waals surface area contributed by atoms with Crippen molar-refractivity contribution < 1.29 is 0 Å². The summed E-state index contributed by atoms with van der Waals surface area (Å²) in [5, 5.41) is 1.62. The molecule has 112 valence electrons. The van der Waals surface area contributed by atoms with Crippen LogP contribution in [0.4, 0.5) is 0 Å². The third kappa shape index (κ3) is 4.34. The Bertz CT molecular complexity index is 468. The van der Waals surface area contributed by atoms with Crippen molar-refractivity contribution in [2.24, 2.45) is 5.84 Å². The van der Waals surface area contributed by atoms with Gasteiger partial charge < -0.3 is 5.01 Å². The maximum Gasteiger partial charge on any atom is 0.0489 e. The number of nitrogens with zero attached hydrogens (tertiary/aromatic N) is 2. The van der Waals surface area contributed by atoms with Crippen molar-refractivity contribution in [1.82, 2.24) is 9.99 Å². The quantitative estimate of drug-likeness (QED) is 0.655. The van der Waals surface area contributed by atoms with Gasteiger partial charge in [-0.1, -0.05) is 41.0 Å². The van der Waals surface area contributed by atoms with Crippen molar-refractivity contribution in [2.75, 3.05) is 7.05 Å². The summed E-state index contributed by atoms with van der Waals surface area (Å²) < 4.78 is 0. The second-order valence-corrected chi connectivity index (χ2v) is 6.41. The fraction of sp³-hybridized carbons (Fsp3) is 0.588. The van der Waals surface area contributed by atoms with Gasteiger partial charge in [0.2, 0.25) is 0 Å². The first-order valence-electron chi connectivity index (χ1n) is 7.47. The summed E-state index contributed by atoms with van der Waals surface area (Å²) in [6, 6.07) is 2.28. The smallest absolute Gasteiger partial charge is 0.0489 e. The number of hydrogen-bond donors (Lipinski definition) is 1. The van der Waals surface area contributed by atoms with Crippen LogP contribution in [0.3, 0.4) is 0 Å². The molecule has 0 spiro atoms. The first kappa shape index (κ1) is 16.7. The van der Waals surface area contributed by atoms with Crippen LogP contribution in [-0.4, -0.2) is 17.0 Å². The molecule has 3 heteroatoms. The van der Waals surface area contributed by atoms with Gasteiger partial charge in [0.25, 0.3) is 0 Å². The maximum absolute atomic E-state index is 5.77. The van der Waals surface area contributed by atoms with Crippen molar-refractivity contribution >= 4 is 5.57 Å². The molecule has 0 radical (unpaired) electrons. The van der Waals surface area contributed by atoms with E-state index in [1.165, 1.54) is 22.4 Å². The molecule has 2 N–H and O–H groups in total. The number of hydrazine groups is 1. The Morgan fingerprint density at radius 2 is 2.00 bits per heavy atom. The zero-order valence-electron chi connectivity index (χ0n) is 13.8. The molecule has 0 amide bonds. The normalized spacial score (nSPS) is 12.7. The van der Waals surface area contributed by atoms with Gasteiger partial charge in [0.1, 0.15) is 0 Å². The van der Waals surface area contributed by atoms with E-state index in [1.54, 1.807) is 5.01 Å². The molecule has 3 nitrogen and oxygen atoms in total. The zero-order chi connectivity index (χ0) is 15.3. The predicted molar refractivity (Wildman–Crippen MR) is 87.2 cm³/mol. The van der Waals surface area contributed by atoms with E-state index in [-0.39, 0.29) is 5.41 Å². The van der Waals surface area contributed by atoms with Crippen molar-refractivity contribution in [2.45, 2.75) is 59.3 Å². The number of rotatable bonds is 5. The fourth-order valence-electron chi connectivity index (χ4n) is 2.43. The van der Waals surface area contributed by atoms with Crippen LogP contribution in [-0.2, 0) is 11.8 Å². The van der Waals surface area contributed by atoms with E-state index in [0.29, 0.717) is 0 Å². The van der Waals surface area contributed by atoms with E-state index in [4.69, 9.17) is 10.8 Å². The lowest BCUT2D eigenvalue weighted by molar-refractivity contribution is 0.485. The molecule has 0 aliphatic carbocycles. The lowest BCUT2D eigenvalue weighted by Gasteiger charge is -2.22. The number of nitrogens with two attached hydrogens (primary N) is 1. The van der Waals surface area contributed by atoms with Gasteiger partial charge in [-0.2, -0.15) is 0 Å². The van der Waals surface area contributed by atoms with Crippen LogP contribution in [0.2, 0.25) is 0 Å². The lowest BCUT2D eigenvalue weighted by Crippen LogP contribution is -2.19. The molecule has 0 aliphatic heterocycles. The third-order valence-corrected chi connectivity index (χ3v) is 3.31. The van der Waals surface area contributed by atoms with Crippen molar-refractivity contribution in [1.29, 1.82) is 0 Å². The third-order valence-electron chi connectivity index (χ3n) is 3.31. The van der Waals surface area contributed by atoms with Gasteiger partial charge >= 0.3 is 0 Å². The molecule has 0 unspecified atom stereocenters. The largest absolute Gasteiger partial charge is 0.321 e. The molecule has 0 saturated carbocycles. The number of aryl methyl sites for hydroxylation is 1. The Balaban J connectivity index is 3.26. The van der Waals surface area contributed by atoms with Gasteiger partial charge in [0.15, 0.2) is 0 Å². The molecule has 20 heavy (non-hydrogen) atoms. The Morgan fingerprint density at radius 1 is 1.35 bits per heavy atom. The van der Waals surface area contributed by atoms with E-state index in [9.17, 15) is 0 Å². The minimum atomic E-state index is 0.0865. The van der Waals surface area contributed by atoms with Crippen LogP contribution in [0.15, 0.2) is 18.5 Å². The summed E-state index contributed by atoms with van der Waals surface area (Å²) in [4.78, 5) is 4.73. The van der Waals surface area contributed by atoms with Crippen LogP contribution >= 0.6 is 0 Å². The summed E-state index contributed by atoms with van der Waals surface area (Å²) in [5.41, 5.74) is 5.05. The van der Waals surface area contributed by atoms with E-state index in [0.717, 1.165) is 19.3 Å². The van der Waals surface area contributed by atoms with Crippen molar-refractivity contribution in [3.05, 3.63) is 35.3 Å². The molecule has 0 bridgehead atoms. The van der Waals surface area contributed by atoms with Crippen LogP contribution in [0.25, 0.3) is 5.57 Å². The van der Waals surface area contributed by atoms with Gasteiger partial charge in [-0.3, -0.25) is 4.98 Å². The zero-order valence-corrected chi connectivity index (χ0v) is 13.8. The first-order valence-corrected chi connectivity index (χ1v) is 7.47. The van der Waals surface area contributed by atoms with Crippen LogP contribution in [0, 0.1) is 0 Å². The highest BCUT2D eigenvalue weighted by Gasteiger charge is 2.19. The van der Waals surface area contributed by atoms with E-state index in [1.807, 2.05) is 19.4 Å². The second kappa shape index (κ2) is 6.89. The minimum absolute atomic E-state index is 0.0865. The lowest BCUT2D eigenvalue weighted by atomic mass is 9.86. The number of pyridine rings is 1. The summed E-state index contributed by atoms with van der Waals surface area (Å²) in [7, 11) is 1.85. The Hall–Kier alpha value is -1.35. The molecule has 0 fully saturated rings. The second-order valence-electron chi connectivity index (χ2n) is 6.41. The molecule has 0 atom stereocenters. The van der Waals surface area contributed by atoms with Gasteiger partial charge in [-0.25, -0.2) is 5.84 Å². The van der Waals surface area contributed by atoms with Gasteiger partial charge in [0, 0.05) is 30.6 Å². The molecule has 0 saturated heterocycles. The topological polar surface area (TPSA) is 42.1 Å². The van der Waals surface area contributed by atoms with Crippen molar-refractivity contribution in [3.8, 4) is 0 Å². The predicted octanol–water partition coefficient (Wildman–Crippen LogP) is 3.89. The number of hydrogen-bond acceptors (Lipinski definition) is 3.